The van der Waals surface area contributed by atoms with Crippen molar-refractivity contribution in [1.29, 1.82) is 0 Å². The van der Waals surface area contributed by atoms with Crippen LogP contribution in [-0.4, -0.2) is 54.9 Å². The van der Waals surface area contributed by atoms with Gasteiger partial charge in [-0.15, -0.1) is 0 Å². The Balaban J connectivity index is 0. The topological polar surface area (TPSA) is 175 Å². The molecular weight excluding hydrogens is 464 g/mol. The number of pyridine rings is 1. The molecule has 1 amide bonds. The number of amides is 1. The molecule has 0 unspecified atom stereocenters. The summed E-state index contributed by atoms with van der Waals surface area (Å²) in [5.41, 5.74) is 10.8. The molecule has 3 rings (SSSR count). The second kappa shape index (κ2) is 24.0. The molecule has 36 heavy (non-hydrogen) atoms. The van der Waals surface area contributed by atoms with Gasteiger partial charge in [-0.25, -0.2) is 4.98 Å². The van der Waals surface area contributed by atoms with Gasteiger partial charge in [-0.05, 0) is 50.9 Å². The molecule has 0 aliphatic heterocycles. The van der Waals surface area contributed by atoms with Crippen molar-refractivity contribution < 1.29 is 19.1 Å². The molecule has 0 radical (unpaired) electrons. The summed E-state index contributed by atoms with van der Waals surface area (Å²) in [6, 6.07) is 10.9. The Labute approximate surface area is 211 Å². The summed E-state index contributed by atoms with van der Waals surface area (Å²) in [5.74, 6) is 0.691. The number of anilines is 1. The van der Waals surface area contributed by atoms with Gasteiger partial charge in [0.2, 0.25) is 6.41 Å². The van der Waals surface area contributed by atoms with Crippen LogP contribution in [0.4, 0.5) is 5.69 Å². The number of para-hydroxylation sites is 2. The van der Waals surface area contributed by atoms with Crippen LogP contribution in [-0.2, 0) is 25.7 Å². The number of fused-ring (bicyclic) bond motifs is 1. The van der Waals surface area contributed by atoms with E-state index in [-0.39, 0.29) is 11.2 Å². The number of rotatable bonds is 9. The second-order valence-electron chi connectivity index (χ2n) is 6.36. The van der Waals surface area contributed by atoms with Crippen LogP contribution in [0.15, 0.2) is 59.5 Å². The number of hydrogen-bond donors (Lipinski definition) is 4. The molecule has 3 aromatic rings. The second-order valence-corrected chi connectivity index (χ2v) is 6.36. The highest BCUT2D eigenvalue weighted by molar-refractivity contribution is 5.74. The quantitative estimate of drug-likeness (QED) is 0.196. The lowest BCUT2D eigenvalue weighted by atomic mass is 10.2. The summed E-state index contributed by atoms with van der Waals surface area (Å²) in [5, 5.41) is 2.38. The first-order valence-corrected chi connectivity index (χ1v) is 11.2. The SMILES string of the molecule is CCCC/C=C/C=O.CN.CN.COC=O.O=CNc1cccn(Cc2nc3ccccc3[nH]2)c1=O. The van der Waals surface area contributed by atoms with Gasteiger partial charge in [0.25, 0.3) is 12.0 Å². The number of benzene rings is 1. The van der Waals surface area contributed by atoms with E-state index in [2.05, 4.69) is 38.4 Å². The van der Waals surface area contributed by atoms with E-state index < -0.39 is 0 Å². The highest BCUT2D eigenvalue weighted by atomic mass is 16.5. The maximum absolute atomic E-state index is 12.1. The fourth-order valence-electron chi connectivity index (χ4n) is 2.55. The van der Waals surface area contributed by atoms with Gasteiger partial charge in [0.1, 0.15) is 17.8 Å². The average molecular weight is 503 g/mol. The molecule has 2 heterocycles. The van der Waals surface area contributed by atoms with Gasteiger partial charge in [0, 0.05) is 6.20 Å². The minimum absolute atomic E-state index is 0.249. The number of aldehydes is 1. The van der Waals surface area contributed by atoms with Crippen LogP contribution in [0.25, 0.3) is 11.0 Å². The van der Waals surface area contributed by atoms with E-state index in [1.165, 1.54) is 38.6 Å². The summed E-state index contributed by atoms with van der Waals surface area (Å²) in [6.07, 6.45) is 9.83. The molecule has 6 N–H and O–H groups in total. The molecule has 0 fully saturated rings. The van der Waals surface area contributed by atoms with Crippen molar-refractivity contribution in [3.8, 4) is 0 Å². The Kier molecular flexibility index (Phi) is 22.8. The molecule has 0 bridgehead atoms. The Hall–Kier alpha value is -4.09. The molecule has 0 aliphatic rings. The highest BCUT2D eigenvalue weighted by Crippen LogP contribution is 2.11. The van der Waals surface area contributed by atoms with Crippen molar-refractivity contribution in [2.45, 2.75) is 32.7 Å². The number of aromatic amines is 1. The minimum atomic E-state index is -0.264. The monoisotopic (exact) mass is 502 g/mol. The number of unbranched alkanes of at least 4 members (excludes halogenated alkanes) is 2. The van der Waals surface area contributed by atoms with Crippen LogP contribution in [0.3, 0.4) is 0 Å². The molecule has 0 saturated heterocycles. The summed E-state index contributed by atoms with van der Waals surface area (Å²) in [4.78, 5) is 48.7. The van der Waals surface area contributed by atoms with E-state index in [1.807, 2.05) is 30.3 Å². The zero-order chi connectivity index (χ0) is 27.6. The zero-order valence-corrected chi connectivity index (χ0v) is 21.3. The Morgan fingerprint density at radius 1 is 1.08 bits per heavy atom. The largest absolute Gasteiger partial charge is 0.471 e. The molecule has 11 heteroatoms. The van der Waals surface area contributed by atoms with Crippen LogP contribution in [0.1, 0.15) is 32.0 Å². The van der Waals surface area contributed by atoms with Crippen molar-refractivity contribution in [2.75, 3.05) is 26.5 Å². The van der Waals surface area contributed by atoms with E-state index in [0.717, 1.165) is 23.7 Å². The first-order chi connectivity index (χ1) is 17.6. The fraction of sp³-hybridized carbons (Fsp3) is 0.320. The summed E-state index contributed by atoms with van der Waals surface area (Å²) < 4.78 is 5.35. The fourth-order valence-corrected chi connectivity index (χ4v) is 2.55. The van der Waals surface area contributed by atoms with Crippen LogP contribution in [0.2, 0.25) is 0 Å². The number of nitrogens with zero attached hydrogens (tertiary/aromatic N) is 2. The van der Waals surface area contributed by atoms with Crippen molar-refractivity contribution in [3.63, 3.8) is 0 Å². The maximum atomic E-state index is 12.1. The third-order valence-corrected chi connectivity index (χ3v) is 4.03. The molecule has 0 saturated carbocycles. The van der Waals surface area contributed by atoms with Gasteiger partial charge in [0.05, 0.1) is 24.7 Å². The number of aromatic nitrogens is 3. The smallest absolute Gasteiger partial charge is 0.292 e. The highest BCUT2D eigenvalue weighted by Gasteiger charge is 2.06. The number of ether oxygens (including phenoxy) is 1. The number of allylic oxidation sites excluding steroid dienone is 2. The molecule has 198 valence electrons. The van der Waals surface area contributed by atoms with E-state index in [9.17, 15) is 14.4 Å². The normalized spacial score (nSPS) is 9.06. The van der Waals surface area contributed by atoms with E-state index in [1.54, 1.807) is 24.4 Å². The lowest BCUT2D eigenvalue weighted by molar-refractivity contribution is -0.126. The van der Waals surface area contributed by atoms with Crippen molar-refractivity contribution in [1.82, 2.24) is 14.5 Å². The first-order valence-electron chi connectivity index (χ1n) is 11.2. The van der Waals surface area contributed by atoms with Crippen LogP contribution in [0, 0.1) is 0 Å². The predicted molar refractivity (Wildman–Crippen MR) is 144 cm³/mol. The summed E-state index contributed by atoms with van der Waals surface area (Å²) in [6.45, 7) is 2.83. The zero-order valence-electron chi connectivity index (χ0n) is 21.3. The molecule has 1 aromatic carbocycles. The number of methoxy groups -OCH3 is 1. The molecule has 11 nitrogen and oxygen atoms in total. The van der Waals surface area contributed by atoms with Crippen LogP contribution >= 0.6 is 0 Å². The lowest BCUT2D eigenvalue weighted by Crippen LogP contribution is -2.23. The predicted octanol–water partition coefficient (Wildman–Crippen LogP) is 2.21. The third kappa shape index (κ3) is 14.2. The van der Waals surface area contributed by atoms with E-state index >= 15 is 0 Å². The van der Waals surface area contributed by atoms with Crippen molar-refractivity contribution >= 4 is 35.9 Å². The van der Waals surface area contributed by atoms with Gasteiger partial charge >= 0.3 is 0 Å². The van der Waals surface area contributed by atoms with Gasteiger partial charge < -0.3 is 31.1 Å². The van der Waals surface area contributed by atoms with Gasteiger partial charge in [0.15, 0.2) is 0 Å². The molecule has 0 aliphatic carbocycles. The Bertz CT molecular complexity index is 1030. The molecular formula is C25H38N6O5. The Morgan fingerprint density at radius 3 is 2.31 bits per heavy atom. The van der Waals surface area contributed by atoms with Crippen LogP contribution in [0.5, 0.6) is 0 Å². The summed E-state index contributed by atoms with van der Waals surface area (Å²) >= 11 is 0. The van der Waals surface area contributed by atoms with Gasteiger partial charge in [-0.3, -0.25) is 19.2 Å². The summed E-state index contributed by atoms with van der Waals surface area (Å²) in [7, 11) is 4.31. The minimum Gasteiger partial charge on any atom is -0.471 e. The third-order valence-electron chi connectivity index (χ3n) is 4.03. The number of H-pyrrole nitrogens is 1. The van der Waals surface area contributed by atoms with E-state index in [0.29, 0.717) is 25.3 Å². The number of hydrogen-bond acceptors (Lipinski definition) is 8. The number of nitrogens with one attached hydrogen (secondary N) is 2. The Morgan fingerprint density at radius 2 is 1.75 bits per heavy atom. The first kappa shape index (κ1) is 34.1. The van der Waals surface area contributed by atoms with E-state index in [4.69, 9.17) is 4.79 Å². The standard InChI is InChI=1S/C14H12N4O2.C7H12O.C2H4O2.2CH5N/c19-9-15-12-6-3-7-18(14(12)20)8-13-16-10-4-1-2-5-11(10)17-13;1-2-3-4-5-6-7-8;1-4-2-3;2*1-2/h1-7,9H,8H2,(H,15,19)(H,16,17);5-7H,2-4H2,1H3;2H,1H3;2*2H2,1H3/b;6-5+;;;. The molecule has 0 atom stereocenters. The van der Waals surface area contributed by atoms with Crippen LogP contribution < -0.4 is 22.3 Å². The van der Waals surface area contributed by atoms with Crippen molar-refractivity contribution in [2.24, 2.45) is 11.5 Å². The number of imidazole rings is 1. The average Bonchev–Trinajstić information content (AvgIpc) is 3.34. The maximum Gasteiger partial charge on any atom is 0.292 e. The number of carbonyl (C=O) groups is 3. The van der Waals surface area contributed by atoms with Gasteiger partial charge in [-0.2, -0.15) is 0 Å². The van der Waals surface area contributed by atoms with Gasteiger partial charge in [-0.1, -0.05) is 38.0 Å². The van der Waals surface area contributed by atoms with Crippen molar-refractivity contribution in [3.05, 3.63) is 70.9 Å². The lowest BCUT2D eigenvalue weighted by Gasteiger charge is -2.05. The number of carbonyl (C=O) groups excluding carboxylic acids is 3. The molecule has 2 aromatic heterocycles. The molecule has 0 spiro atoms. The number of nitrogens with two attached hydrogens (primary N) is 2.